The molecular formula is C13H26N4. The number of rotatable bonds is 5. The van der Waals surface area contributed by atoms with E-state index in [-0.39, 0.29) is 0 Å². The maximum Gasteiger partial charge on any atom is 0.188 e. The minimum Gasteiger partial charge on any atom is -0.370 e. The van der Waals surface area contributed by atoms with Crippen molar-refractivity contribution >= 4 is 5.96 Å². The SMILES string of the molecule is CCCN1CCC[C@H]1CN=C(N)NC1CCC1. The van der Waals surface area contributed by atoms with Gasteiger partial charge in [-0.15, -0.1) is 0 Å². The number of nitrogens with two attached hydrogens (primary N) is 1. The van der Waals surface area contributed by atoms with Crippen LogP contribution in [0.25, 0.3) is 0 Å². The Morgan fingerprint density at radius 2 is 2.18 bits per heavy atom. The molecule has 1 heterocycles. The van der Waals surface area contributed by atoms with Gasteiger partial charge in [-0.25, -0.2) is 0 Å². The summed E-state index contributed by atoms with van der Waals surface area (Å²) in [5, 5.41) is 3.30. The van der Waals surface area contributed by atoms with E-state index in [0.717, 1.165) is 6.54 Å². The van der Waals surface area contributed by atoms with E-state index in [1.807, 2.05) is 0 Å². The van der Waals surface area contributed by atoms with Crippen LogP contribution in [0.5, 0.6) is 0 Å². The van der Waals surface area contributed by atoms with Gasteiger partial charge in [0.25, 0.3) is 0 Å². The Labute approximate surface area is 105 Å². The minimum absolute atomic E-state index is 0.592. The van der Waals surface area contributed by atoms with E-state index in [2.05, 4.69) is 22.1 Å². The number of aliphatic imine (C=N–C) groups is 1. The number of hydrogen-bond acceptors (Lipinski definition) is 2. The number of hydrogen-bond donors (Lipinski definition) is 2. The molecule has 1 aliphatic heterocycles. The van der Waals surface area contributed by atoms with Gasteiger partial charge in [0, 0.05) is 12.1 Å². The van der Waals surface area contributed by atoms with Gasteiger partial charge in [0.1, 0.15) is 0 Å². The predicted molar refractivity (Wildman–Crippen MR) is 72.2 cm³/mol. The Morgan fingerprint density at radius 1 is 1.35 bits per heavy atom. The first-order valence-corrected chi connectivity index (χ1v) is 7.10. The molecule has 0 amide bonds. The van der Waals surface area contributed by atoms with E-state index in [0.29, 0.717) is 18.0 Å². The minimum atomic E-state index is 0.592. The van der Waals surface area contributed by atoms with Crippen molar-refractivity contribution in [1.82, 2.24) is 10.2 Å². The molecule has 0 aromatic carbocycles. The standard InChI is InChI=1S/C13H26N4/c1-2-8-17-9-4-7-12(17)10-15-13(14)16-11-5-3-6-11/h11-12H,2-10H2,1H3,(H3,14,15,16)/t12-/m0/s1. The fourth-order valence-electron chi connectivity index (χ4n) is 2.69. The first-order valence-electron chi connectivity index (χ1n) is 7.10. The second-order valence-electron chi connectivity index (χ2n) is 5.33. The summed E-state index contributed by atoms with van der Waals surface area (Å²) in [5.41, 5.74) is 5.90. The van der Waals surface area contributed by atoms with Crippen molar-refractivity contribution in [3.8, 4) is 0 Å². The Kier molecular flexibility index (Phi) is 4.66. The van der Waals surface area contributed by atoms with Gasteiger partial charge in [0.05, 0.1) is 6.54 Å². The normalized spacial score (nSPS) is 27.1. The van der Waals surface area contributed by atoms with Crippen LogP contribution in [0, 0.1) is 0 Å². The molecule has 2 fully saturated rings. The lowest BCUT2D eigenvalue weighted by Crippen LogP contribution is -2.44. The van der Waals surface area contributed by atoms with Gasteiger partial charge in [-0.1, -0.05) is 6.92 Å². The highest BCUT2D eigenvalue weighted by Gasteiger charge is 2.23. The van der Waals surface area contributed by atoms with Crippen molar-refractivity contribution in [2.45, 2.75) is 57.5 Å². The zero-order valence-electron chi connectivity index (χ0n) is 11.0. The molecule has 3 N–H and O–H groups in total. The lowest BCUT2D eigenvalue weighted by molar-refractivity contribution is 0.259. The summed E-state index contributed by atoms with van der Waals surface area (Å²) >= 11 is 0. The van der Waals surface area contributed by atoms with Crippen molar-refractivity contribution < 1.29 is 0 Å². The van der Waals surface area contributed by atoms with Crippen LogP contribution in [0.4, 0.5) is 0 Å². The third-order valence-corrected chi connectivity index (χ3v) is 3.94. The average Bonchev–Trinajstić information content (AvgIpc) is 2.69. The summed E-state index contributed by atoms with van der Waals surface area (Å²) in [6.45, 7) is 5.55. The number of nitrogens with one attached hydrogen (secondary N) is 1. The second kappa shape index (κ2) is 6.24. The average molecular weight is 238 g/mol. The fourth-order valence-corrected chi connectivity index (χ4v) is 2.69. The Bertz CT molecular complexity index is 260. The first kappa shape index (κ1) is 12.7. The van der Waals surface area contributed by atoms with Gasteiger partial charge in [0.2, 0.25) is 0 Å². The van der Waals surface area contributed by atoms with Gasteiger partial charge in [0.15, 0.2) is 5.96 Å². The molecule has 1 saturated heterocycles. The Hall–Kier alpha value is -0.770. The number of nitrogens with zero attached hydrogens (tertiary/aromatic N) is 2. The van der Waals surface area contributed by atoms with Crippen LogP contribution in [0.2, 0.25) is 0 Å². The van der Waals surface area contributed by atoms with Gasteiger partial charge in [-0.05, 0) is 51.6 Å². The van der Waals surface area contributed by atoms with Crippen LogP contribution in [0.3, 0.4) is 0 Å². The quantitative estimate of drug-likeness (QED) is 0.561. The molecule has 17 heavy (non-hydrogen) atoms. The van der Waals surface area contributed by atoms with Crippen molar-refractivity contribution in [1.29, 1.82) is 0 Å². The molecule has 0 bridgehead atoms. The van der Waals surface area contributed by atoms with Crippen LogP contribution < -0.4 is 11.1 Å². The molecule has 4 heteroatoms. The fraction of sp³-hybridized carbons (Fsp3) is 0.923. The highest BCUT2D eigenvalue weighted by molar-refractivity contribution is 5.78. The highest BCUT2D eigenvalue weighted by Crippen LogP contribution is 2.18. The zero-order valence-corrected chi connectivity index (χ0v) is 11.0. The second-order valence-corrected chi connectivity index (χ2v) is 5.33. The van der Waals surface area contributed by atoms with Crippen LogP contribution in [0.1, 0.15) is 45.4 Å². The smallest absolute Gasteiger partial charge is 0.188 e. The number of likely N-dealkylation sites (tertiary alicyclic amines) is 1. The monoisotopic (exact) mass is 238 g/mol. The Balaban J connectivity index is 1.73. The van der Waals surface area contributed by atoms with Gasteiger partial charge < -0.3 is 11.1 Å². The van der Waals surface area contributed by atoms with Crippen LogP contribution >= 0.6 is 0 Å². The van der Waals surface area contributed by atoms with Gasteiger partial charge >= 0.3 is 0 Å². The summed E-state index contributed by atoms with van der Waals surface area (Å²) in [4.78, 5) is 7.06. The van der Waals surface area contributed by atoms with E-state index in [4.69, 9.17) is 5.73 Å². The molecular weight excluding hydrogens is 212 g/mol. The summed E-state index contributed by atoms with van der Waals surface area (Å²) in [7, 11) is 0. The van der Waals surface area contributed by atoms with Crippen LogP contribution in [0.15, 0.2) is 4.99 Å². The third kappa shape index (κ3) is 3.60. The molecule has 4 nitrogen and oxygen atoms in total. The maximum atomic E-state index is 5.90. The lowest BCUT2D eigenvalue weighted by Gasteiger charge is -2.27. The van der Waals surface area contributed by atoms with Crippen LogP contribution in [-0.4, -0.2) is 42.6 Å². The van der Waals surface area contributed by atoms with Gasteiger partial charge in [-0.3, -0.25) is 9.89 Å². The molecule has 0 aromatic heterocycles. The molecule has 0 aromatic rings. The van der Waals surface area contributed by atoms with Crippen LogP contribution in [-0.2, 0) is 0 Å². The predicted octanol–water partition coefficient (Wildman–Crippen LogP) is 1.32. The third-order valence-electron chi connectivity index (χ3n) is 3.94. The molecule has 1 atom stereocenters. The Morgan fingerprint density at radius 3 is 2.82 bits per heavy atom. The largest absolute Gasteiger partial charge is 0.370 e. The summed E-state index contributed by atoms with van der Waals surface area (Å²) in [6.07, 6.45) is 7.66. The summed E-state index contributed by atoms with van der Waals surface area (Å²) < 4.78 is 0. The van der Waals surface area contributed by atoms with Crippen molar-refractivity contribution in [3.05, 3.63) is 0 Å². The molecule has 98 valence electrons. The molecule has 2 rings (SSSR count). The molecule has 0 radical (unpaired) electrons. The van der Waals surface area contributed by atoms with E-state index in [9.17, 15) is 0 Å². The molecule has 0 spiro atoms. The van der Waals surface area contributed by atoms with E-state index < -0.39 is 0 Å². The first-order chi connectivity index (χ1) is 8.29. The molecule has 2 aliphatic rings. The lowest BCUT2D eigenvalue weighted by atomic mass is 9.93. The van der Waals surface area contributed by atoms with E-state index in [1.165, 1.54) is 51.6 Å². The highest BCUT2D eigenvalue weighted by atomic mass is 15.2. The molecule has 1 aliphatic carbocycles. The van der Waals surface area contributed by atoms with E-state index >= 15 is 0 Å². The zero-order chi connectivity index (χ0) is 12.1. The summed E-state index contributed by atoms with van der Waals surface area (Å²) in [5.74, 6) is 0.651. The van der Waals surface area contributed by atoms with Crippen molar-refractivity contribution in [2.24, 2.45) is 10.7 Å². The topological polar surface area (TPSA) is 53.6 Å². The van der Waals surface area contributed by atoms with Crippen molar-refractivity contribution in [2.75, 3.05) is 19.6 Å². The molecule has 1 saturated carbocycles. The molecule has 0 unspecified atom stereocenters. The maximum absolute atomic E-state index is 5.90. The van der Waals surface area contributed by atoms with Crippen molar-refractivity contribution in [3.63, 3.8) is 0 Å². The summed E-state index contributed by atoms with van der Waals surface area (Å²) in [6, 6.07) is 1.21. The number of guanidine groups is 1. The van der Waals surface area contributed by atoms with Gasteiger partial charge in [-0.2, -0.15) is 0 Å². The van der Waals surface area contributed by atoms with E-state index in [1.54, 1.807) is 0 Å².